The van der Waals surface area contributed by atoms with Crippen molar-refractivity contribution in [3.63, 3.8) is 0 Å². The Morgan fingerprint density at radius 2 is 0.833 bits per heavy atom. The molecular formula is C50H36N4. The van der Waals surface area contributed by atoms with Crippen molar-refractivity contribution in [2.45, 2.75) is 26.7 Å². The van der Waals surface area contributed by atoms with E-state index in [-0.39, 0.29) is 0 Å². The van der Waals surface area contributed by atoms with Gasteiger partial charge in [-0.05, 0) is 144 Å². The highest BCUT2D eigenvalue weighted by Gasteiger charge is 2.24. The largest absolute Gasteiger partial charge is 0.294 e. The first-order valence-electron chi connectivity index (χ1n) is 18.8. The fourth-order valence-corrected chi connectivity index (χ4v) is 8.88. The van der Waals surface area contributed by atoms with Gasteiger partial charge in [0.05, 0.1) is 22.1 Å². The van der Waals surface area contributed by atoms with Crippen molar-refractivity contribution in [2.24, 2.45) is 0 Å². The third-order valence-corrected chi connectivity index (χ3v) is 11.4. The van der Waals surface area contributed by atoms with Crippen molar-refractivity contribution in [1.29, 1.82) is 0 Å². The minimum atomic E-state index is 0.923. The van der Waals surface area contributed by atoms with E-state index < -0.39 is 0 Å². The molecule has 0 saturated carbocycles. The fourth-order valence-electron chi connectivity index (χ4n) is 8.88. The summed E-state index contributed by atoms with van der Waals surface area (Å²) in [6.07, 6.45) is 5.76. The van der Waals surface area contributed by atoms with Crippen LogP contribution in [-0.2, 0) is 12.8 Å². The first kappa shape index (κ1) is 30.8. The van der Waals surface area contributed by atoms with Gasteiger partial charge < -0.3 is 0 Å². The maximum atomic E-state index is 4.87. The highest BCUT2D eigenvalue weighted by atomic mass is 15.1. The standard InChI is InChI=1S/C50H36N4/c1-31-9-7-11-33(23-31)35-17-19-45-41(25-35)43-27-37-15-16-38-28-44-42-26-36(34-12-8-10-32(2)24-34)18-20-46(42)54(50-14-4-6-22-52-50)48(44)30-40(38)39(37)29-47(43)53(45)49-13-3-5-21-51-49/h3-14,17-30H,15-16H2,1-2H3. The molecule has 0 radical (unpaired) electrons. The van der Waals surface area contributed by atoms with Crippen LogP contribution >= 0.6 is 0 Å². The van der Waals surface area contributed by atoms with Crippen LogP contribution in [0.15, 0.2) is 158 Å². The Morgan fingerprint density at radius 3 is 1.26 bits per heavy atom. The van der Waals surface area contributed by atoms with Crippen LogP contribution in [0.25, 0.3) is 88.6 Å². The predicted octanol–water partition coefficient (Wildman–Crippen LogP) is 12.4. The molecule has 0 spiro atoms. The number of pyridine rings is 2. The van der Waals surface area contributed by atoms with E-state index in [2.05, 4.69) is 156 Å². The molecule has 0 aliphatic heterocycles. The quantitative estimate of drug-likeness (QED) is 0.184. The van der Waals surface area contributed by atoms with E-state index in [0.29, 0.717) is 0 Å². The maximum Gasteiger partial charge on any atom is 0.137 e. The van der Waals surface area contributed by atoms with Gasteiger partial charge in [0.15, 0.2) is 0 Å². The minimum absolute atomic E-state index is 0.923. The van der Waals surface area contributed by atoms with Gasteiger partial charge in [-0.3, -0.25) is 9.13 Å². The molecule has 1 aliphatic carbocycles. The number of rotatable bonds is 4. The number of benzene rings is 6. The number of aromatic nitrogens is 4. The third kappa shape index (κ3) is 4.77. The molecular weight excluding hydrogens is 657 g/mol. The van der Waals surface area contributed by atoms with Crippen molar-refractivity contribution in [3.05, 3.63) is 180 Å². The molecule has 0 N–H and O–H groups in total. The first-order valence-corrected chi connectivity index (χ1v) is 18.8. The second kappa shape index (κ2) is 11.9. The van der Waals surface area contributed by atoms with Crippen LogP contribution < -0.4 is 0 Å². The Labute approximate surface area is 313 Å². The van der Waals surface area contributed by atoms with Crippen LogP contribution in [0.1, 0.15) is 22.3 Å². The monoisotopic (exact) mass is 692 g/mol. The second-order valence-corrected chi connectivity index (χ2v) is 14.8. The molecule has 4 heteroatoms. The van der Waals surface area contributed by atoms with E-state index in [1.54, 1.807) is 0 Å². The first-order chi connectivity index (χ1) is 26.6. The number of aryl methyl sites for hydroxylation is 4. The summed E-state index contributed by atoms with van der Waals surface area (Å²) in [5, 5.41) is 5.02. The number of hydrogen-bond donors (Lipinski definition) is 0. The van der Waals surface area contributed by atoms with Crippen LogP contribution in [0, 0.1) is 13.8 Å². The van der Waals surface area contributed by atoms with Gasteiger partial charge in [0.2, 0.25) is 0 Å². The van der Waals surface area contributed by atoms with Crippen molar-refractivity contribution in [1.82, 2.24) is 19.1 Å². The Morgan fingerprint density at radius 1 is 0.389 bits per heavy atom. The van der Waals surface area contributed by atoms with Gasteiger partial charge >= 0.3 is 0 Å². The van der Waals surface area contributed by atoms with Gasteiger partial charge in [0.25, 0.3) is 0 Å². The van der Waals surface area contributed by atoms with Gasteiger partial charge in [-0.25, -0.2) is 9.97 Å². The molecule has 0 bridgehead atoms. The van der Waals surface area contributed by atoms with Crippen molar-refractivity contribution in [2.75, 3.05) is 0 Å². The molecule has 0 saturated heterocycles. The molecule has 4 heterocycles. The fraction of sp³-hybridized carbons (Fsp3) is 0.0800. The molecule has 0 amide bonds. The number of fused-ring (bicyclic) bond motifs is 9. The Bertz CT molecular complexity index is 2900. The van der Waals surface area contributed by atoms with Gasteiger partial charge in [-0.15, -0.1) is 0 Å². The number of nitrogens with zero attached hydrogens (tertiary/aromatic N) is 4. The number of hydrogen-bond acceptors (Lipinski definition) is 2. The van der Waals surface area contributed by atoms with Crippen molar-refractivity contribution < 1.29 is 0 Å². The topological polar surface area (TPSA) is 35.6 Å². The van der Waals surface area contributed by atoms with E-state index in [4.69, 9.17) is 9.97 Å². The van der Waals surface area contributed by atoms with Crippen LogP contribution in [0.2, 0.25) is 0 Å². The summed E-state index contributed by atoms with van der Waals surface area (Å²) in [7, 11) is 0. The summed E-state index contributed by atoms with van der Waals surface area (Å²) in [5.74, 6) is 1.85. The zero-order valence-corrected chi connectivity index (χ0v) is 30.2. The van der Waals surface area contributed by atoms with E-state index in [1.807, 2.05) is 24.5 Å². The van der Waals surface area contributed by atoms with Crippen molar-refractivity contribution in [3.8, 4) is 45.0 Å². The summed E-state index contributed by atoms with van der Waals surface area (Å²) in [6.45, 7) is 4.32. The smallest absolute Gasteiger partial charge is 0.137 e. The molecule has 11 rings (SSSR count). The van der Waals surface area contributed by atoms with Gasteiger partial charge in [0, 0.05) is 33.9 Å². The molecule has 0 unspecified atom stereocenters. The lowest BCUT2D eigenvalue weighted by Gasteiger charge is -2.21. The van der Waals surface area contributed by atoms with Crippen LogP contribution in [0.5, 0.6) is 0 Å². The average molecular weight is 693 g/mol. The molecule has 256 valence electrons. The summed E-state index contributed by atoms with van der Waals surface area (Å²) >= 11 is 0. The highest BCUT2D eigenvalue weighted by Crippen LogP contribution is 2.44. The summed E-state index contributed by atoms with van der Waals surface area (Å²) in [4.78, 5) is 9.73. The zero-order chi connectivity index (χ0) is 35.9. The molecule has 0 atom stereocenters. The lowest BCUT2D eigenvalue weighted by Crippen LogP contribution is -2.05. The van der Waals surface area contributed by atoms with Crippen LogP contribution in [-0.4, -0.2) is 19.1 Å². The van der Waals surface area contributed by atoms with E-state index in [0.717, 1.165) is 35.5 Å². The molecule has 1 aliphatic rings. The molecule has 4 nitrogen and oxygen atoms in total. The third-order valence-electron chi connectivity index (χ3n) is 11.4. The Balaban J connectivity index is 1.17. The minimum Gasteiger partial charge on any atom is -0.294 e. The summed E-state index contributed by atoms with van der Waals surface area (Å²) in [6, 6.07) is 53.5. The summed E-state index contributed by atoms with van der Waals surface area (Å²) in [5.41, 5.74) is 17.5. The van der Waals surface area contributed by atoms with E-state index >= 15 is 0 Å². The molecule has 4 aromatic heterocycles. The lowest BCUT2D eigenvalue weighted by atomic mass is 9.84. The van der Waals surface area contributed by atoms with Gasteiger partial charge in [-0.1, -0.05) is 83.9 Å². The van der Waals surface area contributed by atoms with E-state index in [9.17, 15) is 0 Å². The molecule has 54 heavy (non-hydrogen) atoms. The second-order valence-electron chi connectivity index (χ2n) is 14.8. The molecule has 0 fully saturated rings. The lowest BCUT2D eigenvalue weighted by molar-refractivity contribution is 0.945. The predicted molar refractivity (Wildman–Crippen MR) is 224 cm³/mol. The van der Waals surface area contributed by atoms with Gasteiger partial charge in [-0.2, -0.15) is 0 Å². The molecule has 10 aromatic rings. The van der Waals surface area contributed by atoms with Crippen LogP contribution in [0.4, 0.5) is 0 Å². The van der Waals surface area contributed by atoms with Gasteiger partial charge in [0.1, 0.15) is 11.6 Å². The maximum absolute atomic E-state index is 4.87. The summed E-state index contributed by atoms with van der Waals surface area (Å²) < 4.78 is 4.69. The van der Waals surface area contributed by atoms with Crippen molar-refractivity contribution >= 4 is 43.6 Å². The SMILES string of the molecule is Cc1cccc(-c2ccc3c(c2)c2cc4c(cc2n3-c2ccccn2)-c2cc3c(cc2CC4)c2cc(-c4cccc(C)c4)ccc2n3-c2ccccn2)c1. The zero-order valence-electron chi connectivity index (χ0n) is 30.2. The highest BCUT2D eigenvalue weighted by molar-refractivity contribution is 6.14. The normalized spacial score (nSPS) is 12.5. The van der Waals surface area contributed by atoms with Crippen LogP contribution in [0.3, 0.4) is 0 Å². The Hall–Kier alpha value is -6.78. The van der Waals surface area contributed by atoms with E-state index in [1.165, 1.54) is 88.2 Å². The average Bonchev–Trinajstić information content (AvgIpc) is 3.70. The molecule has 6 aromatic carbocycles. The Kier molecular flexibility index (Phi) is 6.77.